The maximum absolute atomic E-state index is 10.4. The quantitative estimate of drug-likeness (QED) is 0.846. The van der Waals surface area contributed by atoms with Gasteiger partial charge in [-0.1, -0.05) is 37.6 Å². The average Bonchev–Trinajstić information content (AvgIpc) is 2.50. The Labute approximate surface area is 123 Å². The van der Waals surface area contributed by atoms with E-state index in [1.807, 2.05) is 0 Å². The fourth-order valence-corrected chi connectivity index (χ4v) is 4.43. The van der Waals surface area contributed by atoms with Gasteiger partial charge in [-0.15, -0.1) is 0 Å². The van der Waals surface area contributed by atoms with Crippen LogP contribution < -0.4 is 0 Å². The Morgan fingerprint density at radius 2 is 2.00 bits per heavy atom. The van der Waals surface area contributed by atoms with Crippen molar-refractivity contribution < 1.29 is 5.11 Å². The molecule has 4 atom stereocenters. The first-order valence-electron chi connectivity index (χ1n) is 8.53. The highest BCUT2D eigenvalue weighted by Gasteiger charge is 2.31. The van der Waals surface area contributed by atoms with Gasteiger partial charge in [0.1, 0.15) is 0 Å². The molecule has 110 valence electrons. The smallest absolute Gasteiger partial charge is 0.0568 e. The van der Waals surface area contributed by atoms with Crippen molar-refractivity contribution in [1.29, 1.82) is 0 Å². The normalized spacial score (nSPS) is 33.7. The van der Waals surface area contributed by atoms with Gasteiger partial charge in [-0.25, -0.2) is 0 Å². The van der Waals surface area contributed by atoms with Crippen LogP contribution in [-0.4, -0.2) is 11.2 Å². The topological polar surface area (TPSA) is 20.2 Å². The van der Waals surface area contributed by atoms with Gasteiger partial charge in [-0.05, 0) is 73.8 Å². The van der Waals surface area contributed by atoms with Crippen LogP contribution in [0.15, 0.2) is 24.3 Å². The number of aliphatic hydroxyl groups is 1. The lowest BCUT2D eigenvalue weighted by atomic mass is 9.71. The third-order valence-corrected chi connectivity index (χ3v) is 5.71. The summed E-state index contributed by atoms with van der Waals surface area (Å²) in [5.41, 5.74) is 3.13. The summed E-state index contributed by atoms with van der Waals surface area (Å²) in [6.07, 6.45) is 9.82. The minimum atomic E-state index is -0.0492. The molecule has 1 aromatic rings. The molecule has 0 saturated heterocycles. The zero-order valence-electron chi connectivity index (χ0n) is 12.7. The van der Waals surface area contributed by atoms with Gasteiger partial charge in [-0.2, -0.15) is 0 Å². The van der Waals surface area contributed by atoms with Gasteiger partial charge in [0.2, 0.25) is 0 Å². The Hall–Kier alpha value is -0.820. The molecule has 0 radical (unpaired) electrons. The third kappa shape index (κ3) is 2.93. The molecule has 1 nitrogen and oxygen atoms in total. The van der Waals surface area contributed by atoms with Crippen molar-refractivity contribution in [2.45, 2.75) is 70.3 Å². The highest BCUT2D eigenvalue weighted by atomic mass is 16.3. The standard InChI is InChI=1S/C19H28O/c1-2-14-10-11-19(20)17(12-14)13-16-8-5-7-15-6-3-4-9-18(15)16/h3-4,6,9,14,16-17,19-20H,2,5,7-8,10-13H2,1H3. The second-order valence-electron chi connectivity index (χ2n) is 6.94. The molecule has 2 aliphatic carbocycles. The fraction of sp³-hybridized carbons (Fsp3) is 0.684. The Bertz CT molecular complexity index is 439. The Morgan fingerprint density at radius 1 is 1.15 bits per heavy atom. The van der Waals surface area contributed by atoms with Gasteiger partial charge >= 0.3 is 0 Å². The van der Waals surface area contributed by atoms with Crippen molar-refractivity contribution in [3.05, 3.63) is 35.4 Å². The summed E-state index contributed by atoms with van der Waals surface area (Å²) < 4.78 is 0. The van der Waals surface area contributed by atoms with E-state index in [4.69, 9.17) is 0 Å². The molecule has 1 N–H and O–H groups in total. The van der Waals surface area contributed by atoms with Gasteiger partial charge in [-0.3, -0.25) is 0 Å². The summed E-state index contributed by atoms with van der Waals surface area (Å²) >= 11 is 0. The molecule has 20 heavy (non-hydrogen) atoms. The highest BCUT2D eigenvalue weighted by molar-refractivity contribution is 5.32. The first-order chi connectivity index (χ1) is 9.78. The number of fused-ring (bicyclic) bond motifs is 1. The zero-order chi connectivity index (χ0) is 13.9. The van der Waals surface area contributed by atoms with E-state index in [1.54, 1.807) is 11.1 Å². The van der Waals surface area contributed by atoms with Crippen LogP contribution in [0.5, 0.6) is 0 Å². The zero-order valence-corrected chi connectivity index (χ0v) is 12.7. The Kier molecular flexibility index (Phi) is 4.45. The lowest BCUT2D eigenvalue weighted by Crippen LogP contribution is -2.30. The lowest BCUT2D eigenvalue weighted by molar-refractivity contribution is 0.0385. The first-order valence-corrected chi connectivity index (χ1v) is 8.53. The van der Waals surface area contributed by atoms with Gasteiger partial charge in [0.05, 0.1) is 6.10 Å². The number of aryl methyl sites for hydroxylation is 1. The van der Waals surface area contributed by atoms with Crippen LogP contribution in [0.3, 0.4) is 0 Å². The number of rotatable bonds is 3. The molecule has 1 fully saturated rings. The van der Waals surface area contributed by atoms with Crippen molar-refractivity contribution in [1.82, 2.24) is 0 Å². The van der Waals surface area contributed by atoms with Gasteiger partial charge in [0.15, 0.2) is 0 Å². The molecule has 4 unspecified atom stereocenters. The molecule has 0 heterocycles. The van der Waals surface area contributed by atoms with E-state index in [0.717, 1.165) is 12.3 Å². The second-order valence-corrected chi connectivity index (χ2v) is 6.94. The van der Waals surface area contributed by atoms with E-state index in [0.29, 0.717) is 11.8 Å². The molecule has 2 aliphatic rings. The monoisotopic (exact) mass is 272 g/mol. The van der Waals surface area contributed by atoms with Crippen molar-refractivity contribution in [3.63, 3.8) is 0 Å². The highest BCUT2D eigenvalue weighted by Crippen LogP contribution is 2.41. The van der Waals surface area contributed by atoms with Crippen molar-refractivity contribution in [3.8, 4) is 0 Å². The molecule has 0 spiro atoms. The van der Waals surface area contributed by atoms with E-state index >= 15 is 0 Å². The molecule has 0 aromatic heterocycles. The van der Waals surface area contributed by atoms with Gasteiger partial charge < -0.3 is 5.11 Å². The minimum Gasteiger partial charge on any atom is -0.393 e. The van der Waals surface area contributed by atoms with Crippen LogP contribution in [-0.2, 0) is 6.42 Å². The summed E-state index contributed by atoms with van der Waals surface area (Å²) in [5, 5.41) is 10.4. The fourth-order valence-electron chi connectivity index (χ4n) is 4.43. The molecular formula is C19H28O. The van der Waals surface area contributed by atoms with E-state index in [9.17, 15) is 5.11 Å². The lowest BCUT2D eigenvalue weighted by Gasteiger charge is -2.36. The summed E-state index contributed by atoms with van der Waals surface area (Å²) in [6, 6.07) is 8.98. The second kappa shape index (κ2) is 6.30. The molecular weight excluding hydrogens is 244 g/mol. The first kappa shape index (κ1) is 14.1. The van der Waals surface area contributed by atoms with Crippen molar-refractivity contribution >= 4 is 0 Å². The van der Waals surface area contributed by atoms with E-state index < -0.39 is 0 Å². The van der Waals surface area contributed by atoms with Gasteiger partial charge in [0.25, 0.3) is 0 Å². The summed E-state index contributed by atoms with van der Waals surface area (Å²) in [6.45, 7) is 2.30. The van der Waals surface area contributed by atoms with Gasteiger partial charge in [0, 0.05) is 0 Å². The average molecular weight is 272 g/mol. The predicted octanol–water partition coefficient (Wildman–Crippen LogP) is 4.68. The minimum absolute atomic E-state index is 0.0492. The molecule has 1 saturated carbocycles. The molecule has 0 bridgehead atoms. The van der Waals surface area contributed by atoms with E-state index in [-0.39, 0.29) is 6.10 Å². The molecule has 1 aromatic carbocycles. The molecule has 0 aliphatic heterocycles. The van der Waals surface area contributed by atoms with Crippen LogP contribution in [0, 0.1) is 11.8 Å². The van der Waals surface area contributed by atoms with Crippen LogP contribution in [0.2, 0.25) is 0 Å². The number of hydrogen-bond acceptors (Lipinski definition) is 1. The van der Waals surface area contributed by atoms with Crippen LogP contribution in [0.4, 0.5) is 0 Å². The molecule has 3 rings (SSSR count). The largest absolute Gasteiger partial charge is 0.393 e. The third-order valence-electron chi connectivity index (χ3n) is 5.71. The molecule has 0 amide bonds. The maximum atomic E-state index is 10.4. The predicted molar refractivity (Wildman–Crippen MR) is 83.9 cm³/mol. The number of benzene rings is 1. The van der Waals surface area contributed by atoms with Crippen LogP contribution in [0.25, 0.3) is 0 Å². The van der Waals surface area contributed by atoms with Crippen LogP contribution in [0.1, 0.15) is 68.9 Å². The number of aliphatic hydroxyl groups excluding tert-OH is 1. The van der Waals surface area contributed by atoms with Crippen molar-refractivity contribution in [2.75, 3.05) is 0 Å². The maximum Gasteiger partial charge on any atom is 0.0568 e. The SMILES string of the molecule is CCC1CCC(O)C(CC2CCCc3ccccc32)C1. The van der Waals surface area contributed by atoms with Crippen LogP contribution >= 0.6 is 0 Å². The summed E-state index contributed by atoms with van der Waals surface area (Å²) in [5.74, 6) is 2.07. The number of hydrogen-bond donors (Lipinski definition) is 1. The van der Waals surface area contributed by atoms with E-state index in [2.05, 4.69) is 31.2 Å². The summed E-state index contributed by atoms with van der Waals surface area (Å²) in [4.78, 5) is 0. The summed E-state index contributed by atoms with van der Waals surface area (Å²) in [7, 11) is 0. The Morgan fingerprint density at radius 3 is 2.85 bits per heavy atom. The van der Waals surface area contributed by atoms with Crippen molar-refractivity contribution in [2.24, 2.45) is 11.8 Å². The van der Waals surface area contributed by atoms with E-state index in [1.165, 1.54) is 44.9 Å². The Balaban J connectivity index is 1.71. The molecule has 1 heteroatoms.